The maximum atomic E-state index is 13.8. The molecule has 2 aromatic rings. The quantitative estimate of drug-likeness (QED) is 0.297. The molecule has 1 aliphatic heterocycles. The lowest BCUT2D eigenvalue weighted by Gasteiger charge is -2.30. The lowest BCUT2D eigenvalue weighted by molar-refractivity contribution is -0.160. The van der Waals surface area contributed by atoms with Crippen molar-refractivity contribution in [1.29, 1.82) is 5.26 Å². The van der Waals surface area contributed by atoms with Gasteiger partial charge in [0.2, 0.25) is 11.8 Å². The number of carbonyl (C=O) groups is 5. The van der Waals surface area contributed by atoms with Crippen LogP contribution in [0.4, 0.5) is 17.1 Å². The molecule has 0 saturated carbocycles. The topological polar surface area (TPSA) is 166 Å². The molecule has 0 fully saturated rings. The fourth-order valence-corrected chi connectivity index (χ4v) is 4.42. The molecule has 3 rings (SSSR count). The number of nitrogens with one attached hydrogen (secondary N) is 2. The Hall–Kier alpha value is -4.43. The van der Waals surface area contributed by atoms with Crippen LogP contribution in [-0.2, 0) is 34.1 Å². The first-order valence-corrected chi connectivity index (χ1v) is 12.5. The van der Waals surface area contributed by atoms with E-state index in [1.807, 2.05) is 6.07 Å². The molecule has 0 unspecified atom stereocenters. The average molecular weight is 555 g/mol. The van der Waals surface area contributed by atoms with Gasteiger partial charge >= 0.3 is 11.9 Å². The fraction of sp³-hybridized carbons (Fsp3) is 0.333. The van der Waals surface area contributed by atoms with E-state index in [1.54, 1.807) is 32.0 Å². The van der Waals surface area contributed by atoms with E-state index >= 15 is 0 Å². The first-order valence-electron chi connectivity index (χ1n) is 11.9. The number of esters is 1. The smallest absolute Gasteiger partial charge is 0.304 e. The van der Waals surface area contributed by atoms with Crippen molar-refractivity contribution < 1.29 is 33.8 Å². The number of amides is 3. The Labute approximate surface area is 229 Å². The van der Waals surface area contributed by atoms with Crippen LogP contribution >= 0.6 is 11.6 Å². The molecule has 2 atom stereocenters. The van der Waals surface area contributed by atoms with Crippen LogP contribution in [0.2, 0.25) is 0 Å². The molecule has 0 radical (unpaired) electrons. The van der Waals surface area contributed by atoms with Crippen molar-refractivity contribution >= 4 is 58.3 Å². The predicted molar refractivity (Wildman–Crippen MR) is 142 cm³/mol. The van der Waals surface area contributed by atoms with Crippen LogP contribution in [0.1, 0.15) is 38.3 Å². The van der Waals surface area contributed by atoms with Crippen LogP contribution in [0.3, 0.4) is 0 Å². The van der Waals surface area contributed by atoms with Crippen molar-refractivity contribution in [3.63, 3.8) is 0 Å². The normalized spacial score (nSPS) is 14.7. The summed E-state index contributed by atoms with van der Waals surface area (Å²) in [5.74, 6) is -5.91. The number of hydrogen-bond acceptors (Lipinski definition) is 7. The summed E-state index contributed by atoms with van der Waals surface area (Å²) in [7, 11) is 0. The minimum Gasteiger partial charge on any atom is -0.481 e. The number of carbonyl (C=O) groups excluding carboxylic acids is 4. The molecular weight excluding hydrogens is 528 g/mol. The van der Waals surface area contributed by atoms with Gasteiger partial charge in [-0.25, -0.2) is 0 Å². The maximum absolute atomic E-state index is 13.8. The minimum atomic E-state index is -1.80. The Morgan fingerprint density at radius 3 is 2.41 bits per heavy atom. The summed E-state index contributed by atoms with van der Waals surface area (Å²) in [4.78, 5) is 64.3. The third-order valence-electron chi connectivity index (χ3n) is 6.29. The van der Waals surface area contributed by atoms with Gasteiger partial charge in [0.05, 0.1) is 29.4 Å². The van der Waals surface area contributed by atoms with E-state index in [2.05, 4.69) is 10.6 Å². The molecule has 0 aromatic heterocycles. The number of carboxylic acids is 1. The summed E-state index contributed by atoms with van der Waals surface area (Å²) in [6.45, 7) is 4.49. The summed E-state index contributed by atoms with van der Waals surface area (Å²) in [6, 6.07) is 12.6. The van der Waals surface area contributed by atoms with Crippen molar-refractivity contribution in [2.45, 2.75) is 38.7 Å². The molecule has 0 spiro atoms. The van der Waals surface area contributed by atoms with E-state index in [-0.39, 0.29) is 24.0 Å². The van der Waals surface area contributed by atoms with Crippen molar-refractivity contribution in [1.82, 2.24) is 0 Å². The fourth-order valence-electron chi connectivity index (χ4n) is 4.25. The van der Waals surface area contributed by atoms with Gasteiger partial charge in [-0.3, -0.25) is 24.0 Å². The lowest BCUT2D eigenvalue weighted by atomic mass is 9.86. The van der Waals surface area contributed by atoms with Gasteiger partial charge in [-0.15, -0.1) is 11.6 Å². The summed E-state index contributed by atoms with van der Waals surface area (Å²) >= 11 is 5.98. The van der Waals surface area contributed by atoms with Crippen LogP contribution in [0.5, 0.6) is 0 Å². The number of halogens is 1. The number of ether oxygens (including phenoxy) is 1. The maximum Gasteiger partial charge on any atom is 0.304 e. The van der Waals surface area contributed by atoms with Crippen LogP contribution in [-0.4, -0.2) is 53.3 Å². The SMILES string of the molecule is CC(=O)O[C@@H](C(=O)Nc1ccc(C#N)cc1)[C@@H](CC(=O)O)C(=O)N(CCCl)c1ccc2c(c1)NC(=O)C2(C)C. The van der Waals surface area contributed by atoms with Crippen LogP contribution in [0, 0.1) is 17.2 Å². The highest BCUT2D eigenvalue weighted by molar-refractivity contribution is 6.18. The molecule has 11 nitrogen and oxygen atoms in total. The van der Waals surface area contributed by atoms with E-state index in [0.29, 0.717) is 16.9 Å². The second kappa shape index (κ2) is 12.0. The van der Waals surface area contributed by atoms with Gasteiger partial charge in [-0.2, -0.15) is 5.26 Å². The standard InChI is InChI=1S/C27H27ClN4O7/c1-15(33)39-23(24(36)30-17-6-4-16(14-29)5-7-17)19(13-22(34)35)25(37)32(11-10-28)18-8-9-20-21(12-18)31-26(38)27(20,2)3/h4-9,12,19,23H,10-11,13H2,1-3H3,(H,30,36)(H,31,38)(H,34,35)/t19-,23-/m1/s1. The average Bonchev–Trinajstić information content (AvgIpc) is 3.11. The summed E-state index contributed by atoms with van der Waals surface area (Å²) in [5.41, 5.74) is 1.31. The van der Waals surface area contributed by atoms with E-state index < -0.39 is 47.6 Å². The number of nitrogens with zero attached hydrogens (tertiary/aromatic N) is 2. The third-order valence-corrected chi connectivity index (χ3v) is 6.46. The highest BCUT2D eigenvalue weighted by atomic mass is 35.5. The molecule has 12 heteroatoms. The number of fused-ring (bicyclic) bond motifs is 1. The number of benzene rings is 2. The first-order chi connectivity index (χ1) is 18.4. The molecule has 0 aliphatic carbocycles. The predicted octanol–water partition coefficient (Wildman–Crippen LogP) is 3.02. The van der Waals surface area contributed by atoms with E-state index in [1.165, 1.54) is 29.2 Å². The Morgan fingerprint density at radius 2 is 1.85 bits per heavy atom. The van der Waals surface area contributed by atoms with E-state index in [9.17, 15) is 29.1 Å². The zero-order valence-corrected chi connectivity index (χ0v) is 22.2. The number of carboxylic acid groups (broad SMARTS) is 1. The Bertz CT molecular complexity index is 1350. The second-order valence-corrected chi connectivity index (χ2v) is 9.78. The lowest BCUT2D eigenvalue weighted by Crippen LogP contribution is -2.48. The summed E-state index contributed by atoms with van der Waals surface area (Å²) < 4.78 is 5.19. The molecule has 1 heterocycles. The molecule has 2 aromatic carbocycles. The summed E-state index contributed by atoms with van der Waals surface area (Å²) in [6.07, 6.45) is -2.63. The highest BCUT2D eigenvalue weighted by Crippen LogP contribution is 2.39. The summed E-state index contributed by atoms with van der Waals surface area (Å²) in [5, 5.41) is 23.8. The van der Waals surface area contributed by atoms with Crippen molar-refractivity contribution in [2.24, 2.45) is 5.92 Å². The molecule has 39 heavy (non-hydrogen) atoms. The van der Waals surface area contributed by atoms with Gasteiger partial charge in [0, 0.05) is 36.4 Å². The minimum absolute atomic E-state index is 0.0316. The van der Waals surface area contributed by atoms with Gasteiger partial charge in [0.1, 0.15) is 0 Å². The zero-order chi connectivity index (χ0) is 28.9. The Morgan fingerprint density at radius 1 is 1.18 bits per heavy atom. The van der Waals surface area contributed by atoms with Gasteiger partial charge in [-0.05, 0) is 55.8 Å². The Kier molecular flexibility index (Phi) is 8.93. The second-order valence-electron chi connectivity index (χ2n) is 9.40. The van der Waals surface area contributed by atoms with Gasteiger partial charge in [0.15, 0.2) is 6.10 Å². The molecule has 0 bridgehead atoms. The van der Waals surface area contributed by atoms with Crippen LogP contribution in [0.15, 0.2) is 42.5 Å². The number of aliphatic carboxylic acids is 1. The van der Waals surface area contributed by atoms with Crippen molar-refractivity contribution in [3.8, 4) is 6.07 Å². The number of anilines is 3. The van der Waals surface area contributed by atoms with Crippen LogP contribution in [0.25, 0.3) is 0 Å². The van der Waals surface area contributed by atoms with Gasteiger partial charge in [-0.1, -0.05) is 6.07 Å². The number of rotatable bonds is 10. The molecule has 204 valence electrons. The zero-order valence-electron chi connectivity index (χ0n) is 21.5. The third kappa shape index (κ3) is 6.53. The Balaban J connectivity index is 1.99. The van der Waals surface area contributed by atoms with Crippen molar-refractivity contribution in [2.75, 3.05) is 28.0 Å². The number of hydrogen-bond donors (Lipinski definition) is 3. The molecule has 3 N–H and O–H groups in total. The number of alkyl halides is 1. The van der Waals surface area contributed by atoms with Gasteiger partial charge < -0.3 is 25.4 Å². The molecule has 3 amide bonds. The number of nitriles is 1. The highest BCUT2D eigenvalue weighted by Gasteiger charge is 2.42. The van der Waals surface area contributed by atoms with E-state index in [4.69, 9.17) is 21.6 Å². The van der Waals surface area contributed by atoms with Crippen molar-refractivity contribution in [3.05, 3.63) is 53.6 Å². The first kappa shape index (κ1) is 29.1. The monoisotopic (exact) mass is 554 g/mol. The van der Waals surface area contributed by atoms with Crippen LogP contribution < -0.4 is 15.5 Å². The van der Waals surface area contributed by atoms with E-state index in [0.717, 1.165) is 12.5 Å². The molecular formula is C27H27ClN4O7. The largest absolute Gasteiger partial charge is 0.481 e. The molecule has 1 aliphatic rings. The molecule has 0 saturated heterocycles. The van der Waals surface area contributed by atoms with Gasteiger partial charge in [0.25, 0.3) is 5.91 Å².